The van der Waals surface area contributed by atoms with Gasteiger partial charge in [-0.15, -0.1) is 24.0 Å². The van der Waals surface area contributed by atoms with Gasteiger partial charge in [0.15, 0.2) is 5.96 Å². The third-order valence-electron chi connectivity index (χ3n) is 5.16. The molecule has 6 heteroatoms. The molecule has 2 N–H and O–H groups in total. The van der Waals surface area contributed by atoms with Crippen molar-refractivity contribution in [2.24, 2.45) is 10.9 Å². The van der Waals surface area contributed by atoms with Crippen LogP contribution in [0.15, 0.2) is 29.3 Å². The molecule has 0 amide bonds. The van der Waals surface area contributed by atoms with Crippen LogP contribution in [0, 0.1) is 11.7 Å². The lowest BCUT2D eigenvalue weighted by Gasteiger charge is -2.20. The van der Waals surface area contributed by atoms with Gasteiger partial charge in [-0.25, -0.2) is 4.39 Å². The van der Waals surface area contributed by atoms with Crippen molar-refractivity contribution in [1.29, 1.82) is 0 Å². The van der Waals surface area contributed by atoms with Crippen LogP contribution in [0.3, 0.4) is 0 Å². The van der Waals surface area contributed by atoms with Crippen LogP contribution >= 0.6 is 24.0 Å². The van der Waals surface area contributed by atoms with Crippen molar-refractivity contribution >= 4 is 29.9 Å². The van der Waals surface area contributed by atoms with Gasteiger partial charge in [-0.1, -0.05) is 18.2 Å². The lowest BCUT2D eigenvalue weighted by atomic mass is 9.95. The van der Waals surface area contributed by atoms with E-state index >= 15 is 0 Å². The number of aliphatic imine (C=N–C) groups is 1. The predicted octanol–water partition coefficient (Wildman–Crippen LogP) is 2.59. The minimum atomic E-state index is -0.0938. The zero-order chi connectivity index (χ0) is 16.3. The Labute approximate surface area is 161 Å². The first kappa shape index (κ1) is 19.4. The molecule has 1 saturated carbocycles. The highest BCUT2D eigenvalue weighted by molar-refractivity contribution is 14.0. The molecule has 2 aliphatic rings. The van der Waals surface area contributed by atoms with Crippen molar-refractivity contribution in [3.63, 3.8) is 0 Å². The summed E-state index contributed by atoms with van der Waals surface area (Å²) in [6.07, 6.45) is 3.30. The molecule has 134 valence electrons. The molecule has 0 spiro atoms. The molecule has 1 aromatic carbocycles. The highest BCUT2D eigenvalue weighted by Gasteiger charge is 2.45. The quantitative estimate of drug-likeness (QED) is 0.415. The number of halogens is 2. The van der Waals surface area contributed by atoms with Crippen LogP contribution in [-0.4, -0.2) is 51.1 Å². The summed E-state index contributed by atoms with van der Waals surface area (Å²) < 4.78 is 14.0. The van der Waals surface area contributed by atoms with Crippen LogP contribution in [0.25, 0.3) is 0 Å². The highest BCUT2D eigenvalue weighted by Crippen LogP contribution is 2.48. The van der Waals surface area contributed by atoms with Crippen LogP contribution < -0.4 is 10.6 Å². The Kier molecular flexibility index (Phi) is 6.86. The number of rotatable bonds is 5. The molecule has 4 nitrogen and oxygen atoms in total. The largest absolute Gasteiger partial charge is 0.356 e. The van der Waals surface area contributed by atoms with E-state index in [2.05, 4.69) is 27.6 Å². The fraction of sp³-hybridized carbons (Fsp3) is 0.611. The smallest absolute Gasteiger partial charge is 0.191 e. The van der Waals surface area contributed by atoms with Crippen LogP contribution in [0.4, 0.5) is 4.39 Å². The van der Waals surface area contributed by atoms with E-state index < -0.39 is 0 Å². The third-order valence-corrected chi connectivity index (χ3v) is 5.16. The van der Waals surface area contributed by atoms with E-state index in [0.717, 1.165) is 44.0 Å². The third kappa shape index (κ3) is 4.59. The summed E-state index contributed by atoms with van der Waals surface area (Å²) in [7, 11) is 3.96. The fourth-order valence-corrected chi connectivity index (χ4v) is 3.49. The van der Waals surface area contributed by atoms with E-state index in [4.69, 9.17) is 0 Å². The fourth-order valence-electron chi connectivity index (χ4n) is 3.49. The Morgan fingerprint density at radius 1 is 1.33 bits per heavy atom. The molecule has 3 rings (SSSR count). The molecule has 1 saturated heterocycles. The lowest BCUT2D eigenvalue weighted by Crippen LogP contribution is -2.43. The van der Waals surface area contributed by atoms with Crippen molar-refractivity contribution < 1.29 is 4.39 Å². The van der Waals surface area contributed by atoms with Crippen molar-refractivity contribution in [2.75, 3.05) is 40.3 Å². The molecule has 1 atom stereocenters. The van der Waals surface area contributed by atoms with Gasteiger partial charge in [-0.2, -0.15) is 0 Å². The van der Waals surface area contributed by atoms with Gasteiger partial charge in [0.05, 0.1) is 0 Å². The van der Waals surface area contributed by atoms with E-state index in [9.17, 15) is 4.39 Å². The lowest BCUT2D eigenvalue weighted by molar-refractivity contribution is 0.393. The highest BCUT2D eigenvalue weighted by atomic mass is 127. The van der Waals surface area contributed by atoms with Gasteiger partial charge in [0.25, 0.3) is 0 Å². The monoisotopic (exact) mass is 446 g/mol. The second-order valence-corrected chi connectivity index (χ2v) is 6.98. The Balaban J connectivity index is 0.00000208. The van der Waals surface area contributed by atoms with Crippen LogP contribution in [-0.2, 0) is 5.41 Å². The summed E-state index contributed by atoms with van der Waals surface area (Å²) in [5.74, 6) is 1.41. The number of nitrogens with one attached hydrogen (secondary N) is 2. The average Bonchev–Trinajstić information content (AvgIpc) is 3.22. The Bertz CT molecular complexity index is 574. The second kappa shape index (κ2) is 8.47. The first-order valence-corrected chi connectivity index (χ1v) is 8.51. The molecule has 1 aliphatic heterocycles. The maximum Gasteiger partial charge on any atom is 0.191 e. The summed E-state index contributed by atoms with van der Waals surface area (Å²) in [4.78, 5) is 6.66. The molecule has 2 fully saturated rings. The van der Waals surface area contributed by atoms with Gasteiger partial charge in [0, 0.05) is 32.1 Å². The molecule has 1 aliphatic carbocycles. The van der Waals surface area contributed by atoms with Gasteiger partial charge >= 0.3 is 0 Å². The van der Waals surface area contributed by atoms with Gasteiger partial charge in [-0.05, 0) is 50.4 Å². The topological polar surface area (TPSA) is 39.7 Å². The van der Waals surface area contributed by atoms with Gasteiger partial charge in [0.2, 0.25) is 0 Å². The maximum atomic E-state index is 14.0. The molecule has 1 aromatic rings. The minimum absolute atomic E-state index is 0. The van der Waals surface area contributed by atoms with E-state index in [1.807, 2.05) is 12.1 Å². The average molecular weight is 446 g/mol. The summed E-state index contributed by atoms with van der Waals surface area (Å²) in [6.45, 7) is 3.99. The molecular formula is C18H28FIN4. The zero-order valence-electron chi connectivity index (χ0n) is 14.5. The van der Waals surface area contributed by atoms with Crippen LogP contribution in [0.2, 0.25) is 0 Å². The Hall–Kier alpha value is -0.890. The summed E-state index contributed by atoms with van der Waals surface area (Å²) in [6, 6.07) is 7.14. The first-order chi connectivity index (χ1) is 11.1. The molecule has 0 radical (unpaired) electrons. The molecule has 1 heterocycles. The van der Waals surface area contributed by atoms with Gasteiger partial charge in [-0.3, -0.25) is 4.99 Å². The predicted molar refractivity (Wildman–Crippen MR) is 108 cm³/mol. The van der Waals surface area contributed by atoms with E-state index in [1.54, 1.807) is 19.2 Å². The number of hydrogen-bond donors (Lipinski definition) is 2. The van der Waals surface area contributed by atoms with Crippen LogP contribution in [0.1, 0.15) is 24.8 Å². The normalized spacial score (nSPS) is 22.8. The minimum Gasteiger partial charge on any atom is -0.356 e. The maximum absolute atomic E-state index is 14.0. The number of nitrogens with zero attached hydrogens (tertiary/aromatic N) is 2. The molecular weight excluding hydrogens is 418 g/mol. The van der Waals surface area contributed by atoms with E-state index in [1.165, 1.54) is 13.0 Å². The standard InChI is InChI=1S/C18H27FN4.HI/c1-20-17(21-11-14-7-10-23(2)12-14)22-13-18(8-9-18)15-5-3-4-6-16(15)19;/h3-6,14H,7-13H2,1-2H3,(H2,20,21,22);1H. The van der Waals surface area contributed by atoms with E-state index in [-0.39, 0.29) is 35.2 Å². The number of benzene rings is 1. The first-order valence-electron chi connectivity index (χ1n) is 8.51. The van der Waals surface area contributed by atoms with Crippen molar-refractivity contribution in [3.05, 3.63) is 35.6 Å². The SMILES string of the molecule is CN=C(NCC1CCN(C)C1)NCC1(c2ccccc2F)CC1.I. The van der Waals surface area contributed by atoms with Crippen molar-refractivity contribution in [3.8, 4) is 0 Å². The van der Waals surface area contributed by atoms with Crippen molar-refractivity contribution in [1.82, 2.24) is 15.5 Å². The second-order valence-electron chi connectivity index (χ2n) is 6.98. The van der Waals surface area contributed by atoms with Crippen LogP contribution in [0.5, 0.6) is 0 Å². The van der Waals surface area contributed by atoms with Gasteiger partial charge in [0.1, 0.15) is 5.82 Å². The Morgan fingerprint density at radius 3 is 2.67 bits per heavy atom. The molecule has 0 bridgehead atoms. The van der Waals surface area contributed by atoms with E-state index in [0.29, 0.717) is 5.92 Å². The Morgan fingerprint density at radius 2 is 2.08 bits per heavy atom. The number of hydrogen-bond acceptors (Lipinski definition) is 2. The molecule has 1 unspecified atom stereocenters. The summed E-state index contributed by atoms with van der Waals surface area (Å²) in [5, 5.41) is 6.81. The molecule has 0 aromatic heterocycles. The summed E-state index contributed by atoms with van der Waals surface area (Å²) >= 11 is 0. The number of likely N-dealkylation sites (tertiary alicyclic amines) is 1. The number of guanidine groups is 1. The van der Waals surface area contributed by atoms with Gasteiger partial charge < -0.3 is 15.5 Å². The molecule has 24 heavy (non-hydrogen) atoms. The van der Waals surface area contributed by atoms with Crippen molar-refractivity contribution in [2.45, 2.75) is 24.7 Å². The zero-order valence-corrected chi connectivity index (χ0v) is 16.8. The summed E-state index contributed by atoms with van der Waals surface area (Å²) in [5.41, 5.74) is 0.775.